The number of anilines is 1. The van der Waals surface area contributed by atoms with E-state index in [1.165, 1.54) is 4.90 Å². The summed E-state index contributed by atoms with van der Waals surface area (Å²) in [5.41, 5.74) is -0.768. The van der Waals surface area contributed by atoms with Crippen molar-refractivity contribution in [3.63, 3.8) is 0 Å². The van der Waals surface area contributed by atoms with Crippen LogP contribution in [0, 0.1) is 11.6 Å². The van der Waals surface area contributed by atoms with E-state index < -0.39 is 29.2 Å². The Hall–Kier alpha value is -2.18. The van der Waals surface area contributed by atoms with Gasteiger partial charge in [-0.3, -0.25) is 0 Å². The molecule has 1 aromatic rings. The van der Waals surface area contributed by atoms with Crippen molar-refractivity contribution in [1.29, 1.82) is 0 Å². The number of rotatable bonds is 5. The molecule has 21 heavy (non-hydrogen) atoms. The van der Waals surface area contributed by atoms with Crippen molar-refractivity contribution in [3.05, 3.63) is 29.3 Å². The number of carboxylic acid groups (broad SMARTS) is 1. The summed E-state index contributed by atoms with van der Waals surface area (Å²) in [6.45, 7) is 5.93. The average molecular weight is 300 g/mol. The fourth-order valence-electron chi connectivity index (χ4n) is 1.89. The van der Waals surface area contributed by atoms with E-state index in [2.05, 4.69) is 5.32 Å². The van der Waals surface area contributed by atoms with E-state index in [9.17, 15) is 18.4 Å². The van der Waals surface area contributed by atoms with Gasteiger partial charge < -0.3 is 15.3 Å². The average Bonchev–Trinajstić information content (AvgIpc) is 2.42. The number of nitrogens with zero attached hydrogens (tertiary/aromatic N) is 1. The van der Waals surface area contributed by atoms with Gasteiger partial charge in [-0.05, 0) is 26.3 Å². The Morgan fingerprint density at radius 3 is 2.33 bits per heavy atom. The molecular formula is C14H18F2N2O3. The molecule has 1 atom stereocenters. The lowest BCUT2D eigenvalue weighted by molar-refractivity contribution is 0.0697. The van der Waals surface area contributed by atoms with Crippen molar-refractivity contribution in [3.8, 4) is 0 Å². The molecule has 0 aliphatic heterocycles. The first-order valence-electron chi connectivity index (χ1n) is 6.61. The molecule has 2 N–H and O–H groups in total. The largest absolute Gasteiger partial charge is 0.478 e. The molecule has 0 fully saturated rings. The highest BCUT2D eigenvalue weighted by Gasteiger charge is 2.21. The van der Waals surface area contributed by atoms with E-state index in [0.717, 1.165) is 0 Å². The molecule has 0 aliphatic rings. The maximum absolute atomic E-state index is 13.2. The third-order valence-electron chi connectivity index (χ3n) is 3.26. The van der Waals surface area contributed by atoms with Crippen molar-refractivity contribution in [2.75, 3.05) is 11.9 Å². The normalized spacial score (nSPS) is 11.9. The van der Waals surface area contributed by atoms with Gasteiger partial charge in [0, 0.05) is 18.7 Å². The first kappa shape index (κ1) is 16.9. The van der Waals surface area contributed by atoms with Gasteiger partial charge in [0.15, 0.2) is 11.6 Å². The van der Waals surface area contributed by atoms with Crippen LogP contribution in [0.25, 0.3) is 0 Å². The van der Waals surface area contributed by atoms with Crippen molar-refractivity contribution in [2.24, 2.45) is 0 Å². The SMILES string of the molecule is CCC(C)N(CC)C(=O)Nc1cc(F)c(F)cc1C(=O)O. The molecule has 0 saturated carbocycles. The molecule has 0 spiro atoms. The second kappa shape index (κ2) is 7.01. The lowest BCUT2D eigenvalue weighted by Gasteiger charge is -2.27. The van der Waals surface area contributed by atoms with Crippen LogP contribution in [-0.4, -0.2) is 34.6 Å². The Balaban J connectivity index is 3.09. The number of carboxylic acids is 1. The Kier molecular flexibility index (Phi) is 5.63. The van der Waals surface area contributed by atoms with E-state index in [-0.39, 0.29) is 11.7 Å². The number of aromatic carboxylic acids is 1. The Morgan fingerprint density at radius 1 is 1.29 bits per heavy atom. The maximum atomic E-state index is 13.2. The molecule has 0 aromatic heterocycles. The van der Waals surface area contributed by atoms with Crippen molar-refractivity contribution < 1.29 is 23.5 Å². The fraction of sp³-hybridized carbons (Fsp3) is 0.429. The van der Waals surface area contributed by atoms with Crippen molar-refractivity contribution >= 4 is 17.7 Å². The van der Waals surface area contributed by atoms with E-state index in [1.54, 1.807) is 6.92 Å². The minimum atomic E-state index is -1.45. The van der Waals surface area contributed by atoms with Gasteiger partial charge in [0.25, 0.3) is 0 Å². The van der Waals surface area contributed by atoms with Gasteiger partial charge in [-0.15, -0.1) is 0 Å². The predicted molar refractivity (Wildman–Crippen MR) is 74.5 cm³/mol. The number of urea groups is 1. The first-order valence-corrected chi connectivity index (χ1v) is 6.61. The van der Waals surface area contributed by atoms with Crippen LogP contribution in [0.5, 0.6) is 0 Å². The number of amides is 2. The van der Waals surface area contributed by atoms with Crippen molar-refractivity contribution in [1.82, 2.24) is 4.90 Å². The summed E-state index contributed by atoms with van der Waals surface area (Å²) in [6, 6.07) is 0.599. The zero-order valence-corrected chi connectivity index (χ0v) is 12.1. The van der Waals surface area contributed by atoms with Crippen LogP contribution in [0.2, 0.25) is 0 Å². The van der Waals surface area contributed by atoms with Crippen LogP contribution in [0.4, 0.5) is 19.3 Å². The zero-order chi connectivity index (χ0) is 16.2. The van der Waals surface area contributed by atoms with Gasteiger partial charge in [-0.1, -0.05) is 6.92 Å². The fourth-order valence-corrected chi connectivity index (χ4v) is 1.89. The second-order valence-corrected chi connectivity index (χ2v) is 4.59. The molecule has 2 amide bonds. The van der Waals surface area contributed by atoms with Gasteiger partial charge >= 0.3 is 12.0 Å². The van der Waals surface area contributed by atoms with Gasteiger partial charge in [0.2, 0.25) is 0 Å². The van der Waals surface area contributed by atoms with Gasteiger partial charge in [0.1, 0.15) is 0 Å². The highest BCUT2D eigenvalue weighted by molar-refractivity contribution is 6.00. The summed E-state index contributed by atoms with van der Waals surface area (Å²) < 4.78 is 26.4. The Morgan fingerprint density at radius 2 is 1.86 bits per heavy atom. The number of carbonyl (C=O) groups is 2. The van der Waals surface area contributed by atoms with Crippen LogP contribution in [-0.2, 0) is 0 Å². The summed E-state index contributed by atoms with van der Waals surface area (Å²) in [4.78, 5) is 24.6. The van der Waals surface area contributed by atoms with E-state index >= 15 is 0 Å². The summed E-state index contributed by atoms with van der Waals surface area (Å²) in [5, 5.41) is 11.3. The summed E-state index contributed by atoms with van der Waals surface area (Å²) in [7, 11) is 0. The number of hydrogen-bond donors (Lipinski definition) is 2. The summed E-state index contributed by atoms with van der Waals surface area (Å²) >= 11 is 0. The topological polar surface area (TPSA) is 69.6 Å². The highest BCUT2D eigenvalue weighted by Crippen LogP contribution is 2.21. The maximum Gasteiger partial charge on any atom is 0.337 e. The molecule has 1 unspecified atom stereocenters. The van der Waals surface area contributed by atoms with Crippen LogP contribution in [0.15, 0.2) is 12.1 Å². The molecule has 116 valence electrons. The second-order valence-electron chi connectivity index (χ2n) is 4.59. The lowest BCUT2D eigenvalue weighted by Crippen LogP contribution is -2.41. The van der Waals surface area contributed by atoms with Crippen molar-refractivity contribution in [2.45, 2.75) is 33.2 Å². The summed E-state index contributed by atoms with van der Waals surface area (Å²) in [6.07, 6.45) is 0.713. The van der Waals surface area contributed by atoms with Crippen LogP contribution in [0.3, 0.4) is 0 Å². The minimum absolute atomic E-state index is 0.0615. The van der Waals surface area contributed by atoms with Crippen LogP contribution >= 0.6 is 0 Å². The number of carbonyl (C=O) groups excluding carboxylic acids is 1. The van der Waals surface area contributed by atoms with E-state index in [0.29, 0.717) is 25.1 Å². The summed E-state index contributed by atoms with van der Waals surface area (Å²) in [5.74, 6) is -3.95. The Bertz CT molecular complexity index is 549. The Labute approximate surface area is 121 Å². The smallest absolute Gasteiger partial charge is 0.337 e. The molecule has 1 aromatic carbocycles. The third-order valence-corrected chi connectivity index (χ3v) is 3.26. The lowest BCUT2D eigenvalue weighted by atomic mass is 10.1. The minimum Gasteiger partial charge on any atom is -0.478 e. The molecule has 0 radical (unpaired) electrons. The molecule has 0 bridgehead atoms. The number of hydrogen-bond acceptors (Lipinski definition) is 2. The molecule has 0 heterocycles. The van der Waals surface area contributed by atoms with Crippen LogP contribution in [0.1, 0.15) is 37.6 Å². The van der Waals surface area contributed by atoms with Gasteiger partial charge in [-0.2, -0.15) is 0 Å². The van der Waals surface area contributed by atoms with Crippen LogP contribution < -0.4 is 5.32 Å². The first-order chi connectivity index (χ1) is 9.81. The van der Waals surface area contributed by atoms with Gasteiger partial charge in [-0.25, -0.2) is 18.4 Å². The number of benzene rings is 1. The number of halogens is 2. The zero-order valence-electron chi connectivity index (χ0n) is 12.1. The molecule has 5 nitrogen and oxygen atoms in total. The van der Waals surface area contributed by atoms with E-state index in [1.807, 2.05) is 13.8 Å². The van der Waals surface area contributed by atoms with Gasteiger partial charge in [0.05, 0.1) is 11.3 Å². The highest BCUT2D eigenvalue weighted by atomic mass is 19.2. The molecule has 7 heteroatoms. The number of nitrogens with one attached hydrogen (secondary N) is 1. The third kappa shape index (κ3) is 3.90. The quantitative estimate of drug-likeness (QED) is 0.876. The molecule has 0 saturated heterocycles. The predicted octanol–water partition coefficient (Wildman–Crippen LogP) is 3.32. The molecule has 1 rings (SSSR count). The molecule has 0 aliphatic carbocycles. The standard InChI is InChI=1S/C14H18F2N2O3/c1-4-8(3)18(5-2)14(21)17-12-7-11(16)10(15)6-9(12)13(19)20/h6-8H,4-5H2,1-3H3,(H,17,21)(H,19,20). The molecular weight excluding hydrogens is 282 g/mol. The van der Waals surface area contributed by atoms with E-state index in [4.69, 9.17) is 5.11 Å². The monoisotopic (exact) mass is 300 g/mol.